The van der Waals surface area contributed by atoms with Crippen molar-refractivity contribution in [3.05, 3.63) is 194 Å². The maximum Gasteiger partial charge on any atom is 0.160 e. The predicted molar refractivity (Wildman–Crippen MR) is 234 cm³/mol. The number of nitrogens with zero attached hydrogens (tertiary/aromatic N) is 4. The normalized spacial score (nSPS) is 11.6. The number of pyridine rings is 1. The second kappa shape index (κ2) is 13.3. The van der Waals surface area contributed by atoms with E-state index in [4.69, 9.17) is 15.1 Å². The fraction of sp³-hybridized carbons (Fsp3) is 0. The van der Waals surface area contributed by atoms with Gasteiger partial charge >= 0.3 is 0 Å². The summed E-state index contributed by atoms with van der Waals surface area (Å²) >= 11 is 1.82. The minimum absolute atomic E-state index is 0.695. The molecule has 0 saturated carbocycles. The van der Waals surface area contributed by atoms with Crippen molar-refractivity contribution in [2.45, 2.75) is 0 Å². The van der Waals surface area contributed by atoms with E-state index in [9.17, 15) is 0 Å². The highest BCUT2D eigenvalue weighted by atomic mass is 32.1. The van der Waals surface area contributed by atoms with E-state index in [2.05, 4.69) is 193 Å². The van der Waals surface area contributed by atoms with Crippen molar-refractivity contribution < 1.29 is 0 Å². The molecule has 11 rings (SSSR count). The average molecular weight is 733 g/mol. The van der Waals surface area contributed by atoms with Crippen molar-refractivity contribution in [3.8, 4) is 67.5 Å². The van der Waals surface area contributed by atoms with Gasteiger partial charge in [-0.1, -0.05) is 152 Å². The number of fused-ring (bicyclic) bond motifs is 6. The second-order valence-corrected chi connectivity index (χ2v) is 15.1. The van der Waals surface area contributed by atoms with Crippen molar-refractivity contribution >= 4 is 47.8 Å². The minimum Gasteiger partial charge on any atom is -0.231 e. The Morgan fingerprint density at radius 2 is 1.00 bits per heavy atom. The fourth-order valence-corrected chi connectivity index (χ4v) is 9.04. The lowest BCUT2D eigenvalue weighted by molar-refractivity contribution is 0.979. The highest BCUT2D eigenvalue weighted by molar-refractivity contribution is 7.25. The second-order valence-electron chi connectivity index (χ2n) is 14.1. The number of hydrogen-bond donors (Lipinski definition) is 0. The lowest BCUT2D eigenvalue weighted by Crippen LogP contribution is -1.96. The predicted octanol–water partition coefficient (Wildman–Crippen LogP) is 13.6. The molecule has 4 nitrogen and oxygen atoms in total. The Morgan fingerprint density at radius 1 is 0.393 bits per heavy atom. The van der Waals surface area contributed by atoms with E-state index in [1.165, 1.54) is 25.6 Å². The van der Waals surface area contributed by atoms with Gasteiger partial charge in [-0.3, -0.25) is 0 Å². The summed E-state index contributed by atoms with van der Waals surface area (Å²) in [6.45, 7) is 0. The van der Waals surface area contributed by atoms with Gasteiger partial charge in [0, 0.05) is 58.9 Å². The zero-order chi connectivity index (χ0) is 37.0. The van der Waals surface area contributed by atoms with Crippen LogP contribution in [0.1, 0.15) is 0 Å². The molecule has 4 heterocycles. The lowest BCUT2D eigenvalue weighted by atomic mass is 9.95. The molecule has 0 radical (unpaired) electrons. The van der Waals surface area contributed by atoms with Crippen LogP contribution in [-0.2, 0) is 0 Å². The van der Waals surface area contributed by atoms with Crippen LogP contribution < -0.4 is 0 Å². The fourth-order valence-electron chi connectivity index (χ4n) is 7.95. The maximum atomic E-state index is 5.48. The highest BCUT2D eigenvalue weighted by Crippen LogP contribution is 2.42. The van der Waals surface area contributed by atoms with Crippen LogP contribution in [0.3, 0.4) is 0 Å². The zero-order valence-electron chi connectivity index (χ0n) is 30.2. The van der Waals surface area contributed by atoms with Crippen molar-refractivity contribution in [3.63, 3.8) is 0 Å². The molecule has 0 saturated heterocycles. The third-order valence-electron chi connectivity index (χ3n) is 10.6. The van der Waals surface area contributed by atoms with Gasteiger partial charge in [-0.15, -0.1) is 11.3 Å². The number of hydrogen-bond acceptors (Lipinski definition) is 4. The first-order valence-electron chi connectivity index (χ1n) is 18.8. The first kappa shape index (κ1) is 32.2. The summed E-state index contributed by atoms with van der Waals surface area (Å²) in [6.07, 6.45) is 0. The van der Waals surface area contributed by atoms with E-state index in [1.54, 1.807) is 0 Å². The maximum absolute atomic E-state index is 5.48. The molecule has 0 spiro atoms. The van der Waals surface area contributed by atoms with E-state index < -0.39 is 0 Å². The minimum atomic E-state index is 0.695. The summed E-state index contributed by atoms with van der Waals surface area (Å²) in [7, 11) is 0. The molecular formula is C51H32N4S. The largest absolute Gasteiger partial charge is 0.231 e. The van der Waals surface area contributed by atoms with Crippen molar-refractivity contribution in [1.29, 1.82) is 0 Å². The molecule has 11 aromatic rings. The summed E-state index contributed by atoms with van der Waals surface area (Å²) in [5.41, 5.74) is 12.1. The van der Waals surface area contributed by atoms with Gasteiger partial charge in [0.2, 0.25) is 0 Å². The summed E-state index contributed by atoms with van der Waals surface area (Å²) < 4.78 is 4.68. The van der Waals surface area contributed by atoms with Gasteiger partial charge in [0.15, 0.2) is 5.82 Å². The van der Waals surface area contributed by atoms with E-state index in [1.807, 2.05) is 17.4 Å². The van der Waals surface area contributed by atoms with Gasteiger partial charge < -0.3 is 0 Å². The van der Waals surface area contributed by atoms with Crippen molar-refractivity contribution in [2.24, 2.45) is 0 Å². The Bertz CT molecular complexity index is 3240. The SMILES string of the molecule is c1ccc(-c2cc(-c3cccc(-c4nn5c(-c6ccccc6)cc6ccccc6c5c4-c4ccccc4)c3)nc(-c3ccc4sc5ccccc5c4c3)n2)cc1. The summed E-state index contributed by atoms with van der Waals surface area (Å²) in [5.74, 6) is 0.695. The van der Waals surface area contributed by atoms with Crippen LogP contribution in [-0.4, -0.2) is 19.6 Å². The molecule has 0 aliphatic carbocycles. The summed E-state index contributed by atoms with van der Waals surface area (Å²) in [4.78, 5) is 10.5. The lowest BCUT2D eigenvalue weighted by Gasteiger charge is -2.11. The Morgan fingerprint density at radius 3 is 1.79 bits per heavy atom. The van der Waals surface area contributed by atoms with Gasteiger partial charge in [-0.05, 0) is 53.4 Å². The van der Waals surface area contributed by atoms with Crippen LogP contribution in [0.5, 0.6) is 0 Å². The molecule has 4 aromatic heterocycles. The Balaban J connectivity index is 1.13. The first-order chi connectivity index (χ1) is 27.7. The van der Waals surface area contributed by atoms with Crippen LogP contribution in [0.4, 0.5) is 0 Å². The number of thiophene rings is 1. The number of aromatic nitrogens is 4. The van der Waals surface area contributed by atoms with Crippen LogP contribution in [0.2, 0.25) is 0 Å². The Kier molecular flexibility index (Phi) is 7.64. The van der Waals surface area contributed by atoms with Gasteiger partial charge in [-0.2, -0.15) is 5.10 Å². The molecule has 7 aromatic carbocycles. The van der Waals surface area contributed by atoms with E-state index in [-0.39, 0.29) is 0 Å². The zero-order valence-corrected chi connectivity index (χ0v) is 31.0. The van der Waals surface area contributed by atoms with Crippen LogP contribution >= 0.6 is 11.3 Å². The van der Waals surface area contributed by atoms with E-state index in [0.717, 1.165) is 72.6 Å². The molecule has 0 unspecified atom stereocenters. The molecular weight excluding hydrogens is 701 g/mol. The van der Waals surface area contributed by atoms with E-state index >= 15 is 0 Å². The van der Waals surface area contributed by atoms with Gasteiger partial charge in [0.1, 0.15) is 5.69 Å². The molecule has 0 bridgehead atoms. The van der Waals surface area contributed by atoms with Crippen LogP contribution in [0, 0.1) is 0 Å². The third-order valence-corrected chi connectivity index (χ3v) is 11.8. The van der Waals surface area contributed by atoms with Crippen molar-refractivity contribution in [1.82, 2.24) is 19.6 Å². The standard InChI is InChI=1S/C51H32N4S/c1-4-15-33(16-5-1)43-32-44(53-51(52-43)39-27-28-47-42(30-39)41-25-12-13-26-46(41)56-47)37-22-14-23-38(29-37)49-48(35-19-8-3-9-20-35)50-40-24-11-10-21-36(40)31-45(55(50)54-49)34-17-6-2-7-18-34/h1-32H. The molecule has 0 aliphatic heterocycles. The third kappa shape index (κ3) is 5.48. The van der Waals surface area contributed by atoms with Crippen LogP contribution in [0.15, 0.2) is 194 Å². The molecule has 0 aliphatic rings. The van der Waals surface area contributed by atoms with E-state index in [0.29, 0.717) is 5.82 Å². The molecule has 5 heteroatoms. The summed E-state index contributed by atoms with van der Waals surface area (Å²) in [6, 6.07) is 68.4. The molecule has 0 fully saturated rings. The quantitative estimate of drug-likeness (QED) is 0.171. The topological polar surface area (TPSA) is 43.1 Å². The number of benzene rings is 7. The van der Waals surface area contributed by atoms with Gasteiger partial charge in [0.25, 0.3) is 0 Å². The van der Waals surface area contributed by atoms with Gasteiger partial charge in [0.05, 0.1) is 22.6 Å². The smallest absolute Gasteiger partial charge is 0.160 e. The highest BCUT2D eigenvalue weighted by Gasteiger charge is 2.22. The molecule has 0 atom stereocenters. The first-order valence-corrected chi connectivity index (χ1v) is 19.6. The average Bonchev–Trinajstić information content (AvgIpc) is 3.86. The molecule has 0 N–H and O–H groups in total. The Labute approximate surface area is 327 Å². The van der Waals surface area contributed by atoms with Crippen LogP contribution in [0.25, 0.3) is 104 Å². The molecule has 56 heavy (non-hydrogen) atoms. The summed E-state index contributed by atoms with van der Waals surface area (Å²) in [5, 5.41) is 10.3. The Hall–Kier alpha value is -7.21. The molecule has 262 valence electrons. The van der Waals surface area contributed by atoms with Crippen molar-refractivity contribution in [2.75, 3.05) is 0 Å². The number of rotatable bonds is 6. The monoisotopic (exact) mass is 732 g/mol. The molecule has 0 amide bonds. The van der Waals surface area contributed by atoms with Gasteiger partial charge in [-0.25, -0.2) is 14.5 Å².